The molecule has 0 spiro atoms. The van der Waals surface area contributed by atoms with Gasteiger partial charge in [-0.1, -0.05) is 45.8 Å². The minimum Gasteiger partial charge on any atom is -0.380 e. The van der Waals surface area contributed by atoms with Crippen LogP contribution in [0, 0.1) is 4.51 Å². The fraction of sp³-hybridized carbons (Fsp3) is 0.733. The summed E-state index contributed by atoms with van der Waals surface area (Å²) in [7, 11) is 0. The number of anilines is 2. The Morgan fingerprint density at radius 1 is 1.16 bits per heavy atom. The van der Waals surface area contributed by atoms with Gasteiger partial charge in [-0.15, -0.1) is 0 Å². The quantitative estimate of drug-likeness (QED) is 0.568. The van der Waals surface area contributed by atoms with Gasteiger partial charge < -0.3 is 10.2 Å². The van der Waals surface area contributed by atoms with Crippen molar-refractivity contribution >= 4 is 23.6 Å². The first-order chi connectivity index (χ1) is 9.17. The van der Waals surface area contributed by atoms with E-state index >= 15 is 0 Å². The zero-order valence-corrected chi connectivity index (χ0v) is 13.8. The Morgan fingerprint density at radius 3 is 2.21 bits per heavy atom. The van der Waals surface area contributed by atoms with Gasteiger partial charge in [-0.05, 0) is 20.3 Å². The van der Waals surface area contributed by atoms with Crippen molar-refractivity contribution in [1.82, 2.24) is 0 Å². The first kappa shape index (κ1) is 18.1. The summed E-state index contributed by atoms with van der Waals surface area (Å²) in [5.41, 5.74) is 1.69. The summed E-state index contributed by atoms with van der Waals surface area (Å²) in [5, 5.41) is 3.23. The largest absolute Gasteiger partial charge is 0.380 e. The predicted octanol–water partition coefficient (Wildman–Crippen LogP) is 4.37. The standard InChI is InChI=1S/C13H22N2OS.C2H6.H2/c1-4-7-8-9-14-10-11(13(17)12(10)16)15(5-2)6-3;1-2;/h14H,4-9H2,1-3H3;1-2H3;1H. The van der Waals surface area contributed by atoms with E-state index in [0.717, 1.165) is 37.4 Å². The minimum atomic E-state index is 0. The van der Waals surface area contributed by atoms with E-state index in [1.165, 1.54) is 12.8 Å². The van der Waals surface area contributed by atoms with E-state index in [1.54, 1.807) is 0 Å². The van der Waals surface area contributed by atoms with Gasteiger partial charge >= 0.3 is 0 Å². The molecule has 0 aliphatic heterocycles. The zero-order valence-electron chi connectivity index (χ0n) is 13.0. The molecular formula is C15H30N2OS. The first-order valence-corrected chi connectivity index (χ1v) is 7.90. The molecule has 1 aromatic rings. The summed E-state index contributed by atoms with van der Waals surface area (Å²) in [4.78, 5) is 13.8. The van der Waals surface area contributed by atoms with Crippen LogP contribution >= 0.6 is 12.2 Å². The van der Waals surface area contributed by atoms with Crippen LogP contribution < -0.4 is 15.6 Å². The highest BCUT2D eigenvalue weighted by Crippen LogP contribution is 2.27. The first-order valence-electron chi connectivity index (χ1n) is 7.49. The molecule has 0 saturated carbocycles. The second-order valence-corrected chi connectivity index (χ2v) is 4.60. The Morgan fingerprint density at radius 2 is 1.74 bits per heavy atom. The lowest BCUT2D eigenvalue weighted by molar-refractivity contribution is 0.742. The van der Waals surface area contributed by atoms with E-state index in [-0.39, 0.29) is 6.86 Å². The second-order valence-electron chi connectivity index (χ2n) is 4.19. The summed E-state index contributed by atoms with van der Waals surface area (Å²) in [6.45, 7) is 13.0. The molecule has 112 valence electrons. The van der Waals surface area contributed by atoms with Crippen LogP contribution in [0.15, 0.2) is 4.79 Å². The Bertz CT molecular complexity index is 423. The van der Waals surface area contributed by atoms with Crippen molar-refractivity contribution in [3.63, 3.8) is 0 Å². The Balaban J connectivity index is 0. The summed E-state index contributed by atoms with van der Waals surface area (Å²) >= 11 is 5.13. The van der Waals surface area contributed by atoms with E-state index in [4.69, 9.17) is 12.2 Å². The SMILES string of the molecule is CC.CCCCCNc1c(N(CC)CC)c(=S)c1=O.[HH]. The van der Waals surface area contributed by atoms with Crippen LogP contribution in [0.4, 0.5) is 11.4 Å². The molecule has 1 aromatic carbocycles. The van der Waals surface area contributed by atoms with Crippen molar-refractivity contribution in [2.24, 2.45) is 0 Å². The van der Waals surface area contributed by atoms with E-state index in [2.05, 4.69) is 31.0 Å². The van der Waals surface area contributed by atoms with Crippen LogP contribution in [0.1, 0.15) is 55.3 Å². The molecule has 0 aliphatic carbocycles. The number of hydrogen-bond acceptors (Lipinski definition) is 4. The Hall–Kier alpha value is -0.900. The molecule has 0 amide bonds. The van der Waals surface area contributed by atoms with Crippen LogP contribution in [0.2, 0.25) is 0 Å². The molecule has 0 heterocycles. The van der Waals surface area contributed by atoms with E-state index in [0.29, 0.717) is 4.51 Å². The van der Waals surface area contributed by atoms with Gasteiger partial charge in [0.25, 0.3) is 0 Å². The third-order valence-corrected chi connectivity index (χ3v) is 3.43. The Labute approximate surface area is 124 Å². The van der Waals surface area contributed by atoms with Gasteiger partial charge in [0.2, 0.25) is 5.43 Å². The van der Waals surface area contributed by atoms with Crippen LogP contribution in [0.25, 0.3) is 0 Å². The molecule has 4 heteroatoms. The highest BCUT2D eigenvalue weighted by Gasteiger charge is 2.20. The van der Waals surface area contributed by atoms with Gasteiger partial charge in [0, 0.05) is 21.1 Å². The normalized spacial score (nSPS) is 9.95. The van der Waals surface area contributed by atoms with Crippen LogP contribution in [0.3, 0.4) is 0 Å². The molecule has 0 fully saturated rings. The van der Waals surface area contributed by atoms with Gasteiger partial charge in [0.05, 0.1) is 5.69 Å². The van der Waals surface area contributed by atoms with Crippen LogP contribution in [0.5, 0.6) is 0 Å². The molecule has 0 saturated heterocycles. The maximum Gasteiger partial charge on any atom is 0.223 e. The van der Waals surface area contributed by atoms with Gasteiger partial charge in [0.1, 0.15) is 10.2 Å². The lowest BCUT2D eigenvalue weighted by Gasteiger charge is -2.26. The second kappa shape index (κ2) is 9.96. The zero-order chi connectivity index (χ0) is 14.8. The van der Waals surface area contributed by atoms with Crippen molar-refractivity contribution in [3.05, 3.63) is 14.7 Å². The molecule has 19 heavy (non-hydrogen) atoms. The molecular weight excluding hydrogens is 256 g/mol. The lowest BCUT2D eigenvalue weighted by Crippen LogP contribution is -2.31. The molecule has 3 nitrogen and oxygen atoms in total. The fourth-order valence-electron chi connectivity index (χ4n) is 1.97. The number of hydrogen-bond donors (Lipinski definition) is 1. The molecule has 0 aliphatic rings. The molecule has 1 rings (SSSR count). The van der Waals surface area contributed by atoms with Crippen molar-refractivity contribution < 1.29 is 1.43 Å². The molecule has 0 atom stereocenters. The molecule has 1 N–H and O–H groups in total. The monoisotopic (exact) mass is 286 g/mol. The molecule has 0 unspecified atom stereocenters. The molecule has 0 radical (unpaired) electrons. The molecule has 0 bridgehead atoms. The fourth-order valence-corrected chi connectivity index (χ4v) is 2.31. The van der Waals surface area contributed by atoms with Gasteiger partial charge in [-0.3, -0.25) is 4.79 Å². The van der Waals surface area contributed by atoms with Crippen molar-refractivity contribution in [1.29, 1.82) is 0 Å². The van der Waals surface area contributed by atoms with Crippen molar-refractivity contribution in [2.45, 2.75) is 53.9 Å². The van der Waals surface area contributed by atoms with Crippen molar-refractivity contribution in [2.75, 3.05) is 29.9 Å². The van der Waals surface area contributed by atoms with Crippen LogP contribution in [-0.2, 0) is 0 Å². The van der Waals surface area contributed by atoms with E-state index in [1.807, 2.05) is 13.8 Å². The maximum atomic E-state index is 11.7. The topological polar surface area (TPSA) is 32.3 Å². The van der Waals surface area contributed by atoms with Crippen LogP contribution in [-0.4, -0.2) is 19.6 Å². The lowest BCUT2D eigenvalue weighted by atomic mass is 10.1. The van der Waals surface area contributed by atoms with Gasteiger partial charge in [-0.2, -0.15) is 0 Å². The third-order valence-electron chi connectivity index (χ3n) is 3.05. The predicted molar refractivity (Wildman–Crippen MR) is 91.0 cm³/mol. The summed E-state index contributed by atoms with van der Waals surface area (Å²) < 4.78 is 0.492. The number of nitrogens with zero attached hydrogens (tertiary/aromatic N) is 1. The number of rotatable bonds is 8. The third kappa shape index (κ3) is 4.60. The van der Waals surface area contributed by atoms with E-state index < -0.39 is 0 Å². The smallest absolute Gasteiger partial charge is 0.223 e. The summed E-state index contributed by atoms with van der Waals surface area (Å²) in [5.74, 6) is 0. The minimum absolute atomic E-state index is 0. The highest BCUT2D eigenvalue weighted by atomic mass is 32.1. The van der Waals surface area contributed by atoms with Gasteiger partial charge in [0.15, 0.2) is 0 Å². The highest BCUT2D eigenvalue weighted by molar-refractivity contribution is 7.71. The number of nitrogens with one attached hydrogen (secondary N) is 1. The molecule has 0 aromatic heterocycles. The average Bonchev–Trinajstić information content (AvgIpc) is 2.47. The summed E-state index contributed by atoms with van der Waals surface area (Å²) in [6, 6.07) is 0. The maximum absolute atomic E-state index is 11.7. The van der Waals surface area contributed by atoms with Gasteiger partial charge in [-0.25, -0.2) is 0 Å². The van der Waals surface area contributed by atoms with E-state index in [9.17, 15) is 4.79 Å². The summed E-state index contributed by atoms with van der Waals surface area (Å²) in [6.07, 6.45) is 3.49. The number of unbranched alkanes of at least 4 members (excludes halogenated alkanes) is 2. The Kier molecular flexibility index (Phi) is 9.48. The average molecular weight is 286 g/mol. The van der Waals surface area contributed by atoms with Crippen molar-refractivity contribution in [3.8, 4) is 0 Å².